The Balaban J connectivity index is 2.09. The predicted octanol–water partition coefficient (Wildman–Crippen LogP) is 18.4. The van der Waals surface area contributed by atoms with E-state index in [2.05, 4.69) is 187 Å². The number of fused-ring (bicyclic) bond motifs is 2. The lowest BCUT2D eigenvalue weighted by atomic mass is 9.87. The number of aromatic hydroxyl groups is 1. The topological polar surface area (TPSA) is 65.5 Å². The molecule has 0 aliphatic rings. The van der Waals surface area contributed by atoms with E-state index in [0.717, 1.165) is 99.3 Å². The summed E-state index contributed by atoms with van der Waals surface area (Å²) in [7, 11) is -2.83. The van der Waals surface area contributed by atoms with Crippen LogP contribution in [0, 0.1) is 0 Å². The molecule has 7 aromatic rings. The van der Waals surface area contributed by atoms with Crippen LogP contribution in [-0.4, -0.2) is 53.7 Å². The summed E-state index contributed by atoms with van der Waals surface area (Å²) in [6, 6.07) is 18.4. The van der Waals surface area contributed by atoms with E-state index < -0.39 is 16.6 Å². The van der Waals surface area contributed by atoms with Crippen LogP contribution in [0.4, 0.5) is 0 Å². The van der Waals surface area contributed by atoms with Crippen LogP contribution in [0.15, 0.2) is 56.9 Å². The molecule has 10 bridgehead atoms. The van der Waals surface area contributed by atoms with Gasteiger partial charge >= 0.3 is 8.16 Å². The standard InChI is InChI=1S/C52H75N3O4P2S4/c1-19-53(20-2)60(54(21-3)22-4)57-46-39-27-34(50(10,11)12)28-40(46)64-43-31-36(52(16,17)18)32-44-48(43)59-61(55(23-5)24-6)58-47-41(29-35(51(13,14)15)30-42(47)65-44)63-38-26-33(49(7,8)9)25-37(62-39)45(38)56/h25-32,56H,19-24H2,1-18H3. The highest BCUT2D eigenvalue weighted by Crippen LogP contribution is 2.52. The summed E-state index contributed by atoms with van der Waals surface area (Å²) in [6.45, 7) is 45.5. The van der Waals surface area contributed by atoms with Gasteiger partial charge in [0, 0.05) is 39.3 Å². The van der Waals surface area contributed by atoms with Gasteiger partial charge in [0.1, 0.15) is 5.75 Å². The van der Waals surface area contributed by atoms with E-state index in [4.69, 9.17) is 12.9 Å². The smallest absolute Gasteiger partial charge is 0.309 e. The minimum atomic E-state index is -1.62. The van der Waals surface area contributed by atoms with Crippen molar-refractivity contribution < 1.29 is 18.0 Å². The maximum Gasteiger partial charge on any atom is 0.309 e. The molecule has 0 aliphatic heterocycles. The average Bonchev–Trinajstić information content (AvgIpc) is 3.20. The molecule has 65 heavy (non-hydrogen) atoms. The SMILES string of the molecule is CCN(CC)P(Oc1c2cc(C(C)(C)C)cc1sc1cc(C(C)(C)C)cc3sc4cc(C(C)(C)C)cc(sc5cc(C(C)(C)C)cc(s2)c5O)c4op(N(CC)CC)oc13)N(CC)CC. The fraction of sp³-hybridized carbons (Fsp3) is 0.538. The van der Waals surface area contributed by atoms with E-state index in [1.165, 1.54) is 16.7 Å². The molecular formula is C52H75N3O4P2S4. The molecule has 0 amide bonds. The third-order valence-electron chi connectivity index (χ3n) is 11.9. The Bertz CT molecular complexity index is 2800. The van der Waals surface area contributed by atoms with Crippen molar-refractivity contribution in [3.8, 4) is 11.5 Å². The Hall–Kier alpha value is -2.43. The van der Waals surface area contributed by atoms with E-state index >= 15 is 0 Å². The molecule has 0 aliphatic carbocycles. The summed E-state index contributed by atoms with van der Waals surface area (Å²) in [4.78, 5) is 0. The number of hydrogen-bond donors (Lipinski definition) is 1. The molecule has 1 N–H and O–H groups in total. The van der Waals surface area contributed by atoms with Crippen molar-refractivity contribution >= 4 is 111 Å². The summed E-state index contributed by atoms with van der Waals surface area (Å²) in [5.74, 6) is 1.09. The van der Waals surface area contributed by atoms with Crippen molar-refractivity contribution in [1.82, 2.24) is 9.34 Å². The fourth-order valence-corrected chi connectivity index (χ4v) is 15.7. The highest BCUT2D eigenvalue weighted by molar-refractivity contribution is 7.48. The van der Waals surface area contributed by atoms with Crippen LogP contribution in [0.25, 0.3) is 48.8 Å². The van der Waals surface area contributed by atoms with E-state index in [9.17, 15) is 5.11 Å². The second kappa shape index (κ2) is 20.3. The highest BCUT2D eigenvalue weighted by Gasteiger charge is 2.29. The minimum absolute atomic E-state index is 0.149. The van der Waals surface area contributed by atoms with E-state index in [1.54, 1.807) is 45.3 Å². The molecular weight excluding hydrogens is 921 g/mol. The van der Waals surface area contributed by atoms with Crippen molar-refractivity contribution in [1.29, 1.82) is 0 Å². The molecule has 0 spiro atoms. The van der Waals surface area contributed by atoms with Crippen molar-refractivity contribution in [2.45, 2.75) is 146 Å². The van der Waals surface area contributed by atoms with E-state index in [-0.39, 0.29) is 27.4 Å². The van der Waals surface area contributed by atoms with Gasteiger partial charge in [-0.05, 0) is 92.4 Å². The summed E-state index contributed by atoms with van der Waals surface area (Å²) >= 11 is 6.68. The van der Waals surface area contributed by atoms with E-state index in [1.807, 2.05) is 0 Å². The third kappa shape index (κ3) is 11.5. The van der Waals surface area contributed by atoms with Gasteiger partial charge in [-0.3, -0.25) is 0 Å². The van der Waals surface area contributed by atoms with Crippen molar-refractivity contribution in [2.24, 2.45) is 0 Å². The highest BCUT2D eigenvalue weighted by atomic mass is 32.1. The number of phenolic OH excluding ortho intramolecular Hbond substituents is 1. The lowest BCUT2D eigenvalue weighted by Crippen LogP contribution is -2.31. The molecule has 7 rings (SSSR count). The lowest BCUT2D eigenvalue weighted by Gasteiger charge is -2.36. The molecule has 13 heteroatoms. The first-order valence-electron chi connectivity index (χ1n) is 23.4. The molecule has 0 fully saturated rings. The first-order valence-corrected chi connectivity index (χ1v) is 28.9. The maximum absolute atomic E-state index is 12.8. The Morgan fingerprint density at radius 1 is 0.462 bits per heavy atom. The molecule has 1 unspecified atom stereocenters. The normalized spacial score (nSPS) is 13.4. The molecule has 3 aromatic heterocycles. The van der Waals surface area contributed by atoms with Gasteiger partial charge in [-0.1, -0.05) is 125 Å². The zero-order chi connectivity index (χ0) is 48.0. The van der Waals surface area contributed by atoms with Crippen LogP contribution >= 0.6 is 62.0 Å². The second-order valence-electron chi connectivity index (χ2n) is 20.8. The molecule has 1 atom stereocenters. The molecule has 0 saturated heterocycles. The van der Waals surface area contributed by atoms with Gasteiger partial charge in [-0.15, -0.1) is 45.3 Å². The summed E-state index contributed by atoms with van der Waals surface area (Å²) < 4.78 is 37.3. The van der Waals surface area contributed by atoms with Gasteiger partial charge in [0.05, 0.1) is 37.6 Å². The number of hydrogen-bond acceptors (Lipinski definition) is 11. The van der Waals surface area contributed by atoms with Gasteiger partial charge in [-0.2, -0.15) is 0 Å². The molecule has 0 radical (unpaired) electrons. The summed E-state index contributed by atoms with van der Waals surface area (Å²) in [5, 5.41) is 12.8. The zero-order valence-electron chi connectivity index (χ0n) is 42.4. The largest absolute Gasteiger partial charge is 0.505 e. The van der Waals surface area contributed by atoms with Gasteiger partial charge in [0.25, 0.3) is 0 Å². The zero-order valence-corrected chi connectivity index (χ0v) is 47.5. The van der Waals surface area contributed by atoms with Crippen LogP contribution in [0.3, 0.4) is 0 Å². The fourth-order valence-electron chi connectivity index (χ4n) is 7.45. The van der Waals surface area contributed by atoms with Crippen molar-refractivity contribution in [3.05, 3.63) is 70.8 Å². The monoisotopic (exact) mass is 995 g/mol. The second-order valence-corrected chi connectivity index (χ2v) is 28.4. The Morgan fingerprint density at radius 3 is 1.05 bits per heavy atom. The van der Waals surface area contributed by atoms with Gasteiger partial charge in [-0.25, -0.2) is 14.0 Å². The average molecular weight is 996 g/mol. The molecule has 356 valence electrons. The Kier molecular flexibility index (Phi) is 16.2. The number of nitrogens with zero attached hydrogens (tertiary/aromatic N) is 3. The van der Waals surface area contributed by atoms with Crippen LogP contribution in [-0.2, 0) is 21.7 Å². The number of rotatable bonds is 11. The quantitative estimate of drug-likeness (QED) is 0.130. The predicted molar refractivity (Wildman–Crippen MR) is 295 cm³/mol. The van der Waals surface area contributed by atoms with Crippen molar-refractivity contribution in [3.63, 3.8) is 0 Å². The van der Waals surface area contributed by atoms with Crippen molar-refractivity contribution in [2.75, 3.05) is 43.9 Å². The van der Waals surface area contributed by atoms with Crippen LogP contribution in [0.2, 0.25) is 0 Å². The van der Waals surface area contributed by atoms with Crippen LogP contribution in [0.5, 0.6) is 11.5 Å². The summed E-state index contributed by atoms with van der Waals surface area (Å²) in [6.07, 6.45) is 0. The lowest BCUT2D eigenvalue weighted by molar-refractivity contribution is 0.362. The first-order chi connectivity index (χ1) is 30.3. The Morgan fingerprint density at radius 2 is 0.738 bits per heavy atom. The molecule has 7 nitrogen and oxygen atoms in total. The maximum atomic E-state index is 12.8. The van der Waals surface area contributed by atoms with Crippen LogP contribution < -0.4 is 9.19 Å². The van der Waals surface area contributed by atoms with Gasteiger partial charge in [0.2, 0.25) is 8.45 Å². The Labute approximate surface area is 408 Å². The summed E-state index contributed by atoms with van der Waals surface area (Å²) in [5.41, 5.74) is 5.73. The molecule has 4 aromatic carbocycles. The number of phenols is 1. The van der Waals surface area contributed by atoms with E-state index in [0.29, 0.717) is 0 Å². The van der Waals surface area contributed by atoms with Gasteiger partial charge < -0.3 is 18.0 Å². The van der Waals surface area contributed by atoms with Gasteiger partial charge in [0.15, 0.2) is 16.9 Å². The minimum Gasteiger partial charge on any atom is -0.505 e. The van der Waals surface area contributed by atoms with Crippen LogP contribution in [0.1, 0.15) is 147 Å². The number of benzene rings is 4. The first kappa shape index (κ1) is 52.0. The molecule has 0 saturated carbocycles. The molecule has 3 heterocycles. The third-order valence-corrected chi connectivity index (χ3v) is 20.2.